The fourth-order valence-electron chi connectivity index (χ4n) is 3.09. The van der Waals surface area contributed by atoms with Crippen molar-refractivity contribution in [2.24, 2.45) is 0 Å². The van der Waals surface area contributed by atoms with Crippen LogP contribution in [-0.4, -0.2) is 18.1 Å². The van der Waals surface area contributed by atoms with Gasteiger partial charge in [0.1, 0.15) is 0 Å². The molecular formula is C19H18N2. The fraction of sp³-hybridized carbons (Fsp3) is 0.211. The zero-order chi connectivity index (χ0) is 14.1. The molecule has 0 radical (unpaired) electrons. The van der Waals surface area contributed by atoms with Crippen molar-refractivity contribution >= 4 is 16.6 Å². The summed E-state index contributed by atoms with van der Waals surface area (Å²) in [5, 5.41) is 1.20. The van der Waals surface area contributed by atoms with Crippen molar-refractivity contribution < 1.29 is 0 Å². The van der Waals surface area contributed by atoms with Gasteiger partial charge in [-0.05, 0) is 42.7 Å². The van der Waals surface area contributed by atoms with Crippen molar-refractivity contribution in [3.8, 4) is 11.1 Å². The van der Waals surface area contributed by atoms with Crippen molar-refractivity contribution in [3.63, 3.8) is 0 Å². The Hall–Kier alpha value is -2.35. The lowest BCUT2D eigenvalue weighted by Gasteiger charge is -2.18. The number of benzene rings is 2. The van der Waals surface area contributed by atoms with E-state index in [9.17, 15) is 0 Å². The third-order valence-corrected chi connectivity index (χ3v) is 4.24. The molecule has 1 fully saturated rings. The molecule has 1 aliphatic heterocycles. The highest BCUT2D eigenvalue weighted by Gasteiger charge is 2.12. The Kier molecular flexibility index (Phi) is 3.07. The van der Waals surface area contributed by atoms with E-state index in [0.29, 0.717) is 0 Å². The van der Waals surface area contributed by atoms with Gasteiger partial charge in [0.15, 0.2) is 0 Å². The van der Waals surface area contributed by atoms with Crippen LogP contribution < -0.4 is 4.90 Å². The smallest absolute Gasteiger partial charge is 0.0702 e. The molecule has 1 aromatic heterocycles. The number of rotatable bonds is 2. The lowest BCUT2D eigenvalue weighted by Crippen LogP contribution is -2.17. The quantitative estimate of drug-likeness (QED) is 0.684. The number of pyridine rings is 1. The number of fused-ring (bicyclic) bond motifs is 1. The van der Waals surface area contributed by atoms with Crippen LogP contribution in [0.5, 0.6) is 0 Å². The average Bonchev–Trinajstić information content (AvgIpc) is 3.09. The third kappa shape index (κ3) is 2.38. The zero-order valence-electron chi connectivity index (χ0n) is 12.0. The van der Waals surface area contributed by atoms with Crippen LogP contribution in [0.25, 0.3) is 22.0 Å². The summed E-state index contributed by atoms with van der Waals surface area (Å²) in [6.45, 7) is 2.36. The highest BCUT2D eigenvalue weighted by atomic mass is 15.1. The topological polar surface area (TPSA) is 16.1 Å². The second-order valence-corrected chi connectivity index (χ2v) is 5.66. The molecule has 2 heterocycles. The lowest BCUT2D eigenvalue weighted by molar-refractivity contribution is 0.949. The summed E-state index contributed by atoms with van der Waals surface area (Å²) >= 11 is 0. The maximum atomic E-state index is 4.57. The van der Waals surface area contributed by atoms with Gasteiger partial charge in [0.2, 0.25) is 0 Å². The normalized spacial score (nSPS) is 14.8. The number of hydrogen-bond donors (Lipinski definition) is 0. The van der Waals surface area contributed by atoms with Gasteiger partial charge < -0.3 is 4.90 Å². The van der Waals surface area contributed by atoms with Crippen LogP contribution in [0.1, 0.15) is 12.8 Å². The molecule has 1 saturated heterocycles. The van der Waals surface area contributed by atoms with Gasteiger partial charge >= 0.3 is 0 Å². The Morgan fingerprint density at radius 1 is 0.810 bits per heavy atom. The minimum absolute atomic E-state index is 1.05. The molecule has 0 N–H and O–H groups in total. The second kappa shape index (κ2) is 5.21. The highest BCUT2D eigenvalue weighted by Crippen LogP contribution is 2.28. The Morgan fingerprint density at radius 3 is 2.57 bits per heavy atom. The van der Waals surface area contributed by atoms with Gasteiger partial charge in [-0.2, -0.15) is 0 Å². The van der Waals surface area contributed by atoms with Gasteiger partial charge in [-0.25, -0.2) is 0 Å². The molecule has 2 aromatic carbocycles. The molecule has 104 valence electrons. The molecule has 0 amide bonds. The van der Waals surface area contributed by atoms with Crippen LogP contribution in [0.4, 0.5) is 5.69 Å². The van der Waals surface area contributed by atoms with Gasteiger partial charge in [-0.3, -0.25) is 4.98 Å². The SMILES string of the molecule is c1cc(-c2cnc3ccccc3c2)cc(N2CCCC2)c1. The number of anilines is 1. The van der Waals surface area contributed by atoms with Crippen molar-refractivity contribution in [1.29, 1.82) is 0 Å². The summed E-state index contributed by atoms with van der Waals surface area (Å²) in [5.41, 5.74) is 4.82. The number of nitrogens with zero attached hydrogens (tertiary/aromatic N) is 2. The molecular weight excluding hydrogens is 256 g/mol. The Morgan fingerprint density at radius 2 is 1.67 bits per heavy atom. The van der Waals surface area contributed by atoms with E-state index in [1.54, 1.807) is 0 Å². The summed E-state index contributed by atoms with van der Waals surface area (Å²) in [6.07, 6.45) is 4.59. The Balaban J connectivity index is 1.75. The Bertz CT molecular complexity index is 773. The highest BCUT2D eigenvalue weighted by molar-refractivity contribution is 5.83. The van der Waals surface area contributed by atoms with Crippen molar-refractivity contribution in [2.75, 3.05) is 18.0 Å². The number of aromatic nitrogens is 1. The van der Waals surface area contributed by atoms with Crippen LogP contribution in [0.2, 0.25) is 0 Å². The van der Waals surface area contributed by atoms with E-state index >= 15 is 0 Å². The van der Waals surface area contributed by atoms with E-state index in [1.807, 2.05) is 12.3 Å². The predicted molar refractivity (Wildman–Crippen MR) is 88.6 cm³/mol. The molecule has 1 aliphatic rings. The van der Waals surface area contributed by atoms with Gasteiger partial charge in [-0.1, -0.05) is 30.3 Å². The molecule has 2 nitrogen and oxygen atoms in total. The van der Waals surface area contributed by atoms with Crippen LogP contribution in [0.3, 0.4) is 0 Å². The van der Waals surface area contributed by atoms with Crippen molar-refractivity contribution in [1.82, 2.24) is 4.98 Å². The van der Waals surface area contributed by atoms with Crippen LogP contribution in [-0.2, 0) is 0 Å². The fourth-order valence-corrected chi connectivity index (χ4v) is 3.09. The summed E-state index contributed by atoms with van der Waals surface area (Å²) in [7, 11) is 0. The predicted octanol–water partition coefficient (Wildman–Crippen LogP) is 4.50. The summed E-state index contributed by atoms with van der Waals surface area (Å²) in [6, 6.07) is 19.3. The van der Waals surface area contributed by atoms with Crippen molar-refractivity contribution in [2.45, 2.75) is 12.8 Å². The van der Waals surface area contributed by atoms with Gasteiger partial charge in [0, 0.05) is 35.9 Å². The van der Waals surface area contributed by atoms with Gasteiger partial charge in [0.25, 0.3) is 0 Å². The largest absolute Gasteiger partial charge is 0.372 e. The molecule has 0 spiro atoms. The van der Waals surface area contributed by atoms with E-state index in [-0.39, 0.29) is 0 Å². The van der Waals surface area contributed by atoms with E-state index < -0.39 is 0 Å². The summed E-state index contributed by atoms with van der Waals surface area (Å²) in [4.78, 5) is 7.04. The molecule has 21 heavy (non-hydrogen) atoms. The third-order valence-electron chi connectivity index (χ3n) is 4.24. The van der Waals surface area contributed by atoms with Crippen LogP contribution in [0.15, 0.2) is 60.8 Å². The standard InChI is InChI=1S/C19H18N2/c1-2-9-19-16(6-1)12-17(14-20-19)15-7-5-8-18(13-15)21-10-3-4-11-21/h1-2,5-9,12-14H,3-4,10-11H2. The lowest BCUT2D eigenvalue weighted by atomic mass is 10.0. The summed E-state index contributed by atoms with van der Waals surface area (Å²) in [5.74, 6) is 0. The molecule has 0 saturated carbocycles. The van der Waals surface area contributed by atoms with E-state index in [4.69, 9.17) is 0 Å². The van der Waals surface area contributed by atoms with E-state index in [2.05, 4.69) is 58.4 Å². The first-order valence-corrected chi connectivity index (χ1v) is 7.60. The molecule has 0 unspecified atom stereocenters. The summed E-state index contributed by atoms with van der Waals surface area (Å²) < 4.78 is 0. The van der Waals surface area contributed by atoms with Gasteiger partial charge in [-0.15, -0.1) is 0 Å². The molecule has 0 atom stereocenters. The molecule has 0 bridgehead atoms. The average molecular weight is 274 g/mol. The first kappa shape index (κ1) is 12.4. The molecule has 0 aliphatic carbocycles. The monoisotopic (exact) mass is 274 g/mol. The van der Waals surface area contributed by atoms with Crippen LogP contribution in [0, 0.1) is 0 Å². The molecule has 3 aromatic rings. The minimum Gasteiger partial charge on any atom is -0.372 e. The molecule has 2 heteroatoms. The maximum Gasteiger partial charge on any atom is 0.0702 e. The van der Waals surface area contributed by atoms with E-state index in [0.717, 1.165) is 5.52 Å². The van der Waals surface area contributed by atoms with E-state index in [1.165, 1.54) is 48.1 Å². The van der Waals surface area contributed by atoms with Crippen molar-refractivity contribution in [3.05, 3.63) is 60.8 Å². The maximum absolute atomic E-state index is 4.57. The molecule has 4 rings (SSSR count). The van der Waals surface area contributed by atoms with Crippen LogP contribution >= 0.6 is 0 Å². The first-order chi connectivity index (χ1) is 10.4. The zero-order valence-corrected chi connectivity index (χ0v) is 12.0. The number of hydrogen-bond acceptors (Lipinski definition) is 2. The first-order valence-electron chi connectivity index (χ1n) is 7.60. The van der Waals surface area contributed by atoms with Gasteiger partial charge in [0.05, 0.1) is 5.52 Å². The second-order valence-electron chi connectivity index (χ2n) is 5.66. The minimum atomic E-state index is 1.05. The number of para-hydroxylation sites is 1. The Labute approximate surface area is 125 Å².